The molecule has 0 spiro atoms. The first-order chi connectivity index (χ1) is 6.33. The van der Waals surface area contributed by atoms with Crippen LogP contribution in [0.15, 0.2) is 27.5 Å². The van der Waals surface area contributed by atoms with Crippen LogP contribution in [0.1, 0.15) is 0 Å². The molecule has 2 heterocycles. The number of alkyl halides is 1. The predicted octanol–water partition coefficient (Wildman–Crippen LogP) is 2.64. The van der Waals surface area contributed by atoms with E-state index in [4.69, 9.17) is 21.1 Å². The standard InChI is InChI=1S/C4H3BrO.C4H7ClO2/c5-4-1-2-6-3-4;5-3-4-6-1-2-7-4/h1-3H;4H,1-3H2. The van der Waals surface area contributed by atoms with Crippen molar-refractivity contribution in [1.29, 1.82) is 0 Å². The SMILES string of the molecule is Brc1ccoc1.ClCC1OCCO1. The van der Waals surface area contributed by atoms with Gasteiger partial charge in [0.25, 0.3) is 0 Å². The minimum atomic E-state index is -0.137. The van der Waals surface area contributed by atoms with Gasteiger partial charge in [-0.15, -0.1) is 11.6 Å². The van der Waals surface area contributed by atoms with E-state index in [1.54, 1.807) is 12.5 Å². The van der Waals surface area contributed by atoms with E-state index in [9.17, 15) is 0 Å². The van der Waals surface area contributed by atoms with Crippen LogP contribution in [0, 0.1) is 0 Å². The molecule has 0 amide bonds. The highest BCUT2D eigenvalue weighted by atomic mass is 79.9. The fourth-order valence-corrected chi connectivity index (χ4v) is 1.14. The molecule has 1 aromatic heterocycles. The number of halogens is 2. The van der Waals surface area contributed by atoms with Gasteiger partial charge in [-0.2, -0.15) is 0 Å². The molecule has 0 bridgehead atoms. The van der Waals surface area contributed by atoms with Crippen molar-refractivity contribution < 1.29 is 13.9 Å². The quantitative estimate of drug-likeness (QED) is 0.735. The summed E-state index contributed by atoms with van der Waals surface area (Å²) in [6, 6.07) is 1.83. The van der Waals surface area contributed by atoms with E-state index in [0.717, 1.165) is 4.47 Å². The molecule has 2 rings (SSSR count). The van der Waals surface area contributed by atoms with E-state index < -0.39 is 0 Å². The van der Waals surface area contributed by atoms with Gasteiger partial charge >= 0.3 is 0 Å². The Hall–Kier alpha value is -0.0300. The normalized spacial score (nSPS) is 16.8. The molecule has 0 radical (unpaired) electrons. The van der Waals surface area contributed by atoms with Crippen molar-refractivity contribution in [2.45, 2.75) is 6.29 Å². The molecule has 0 unspecified atom stereocenters. The van der Waals surface area contributed by atoms with Crippen LogP contribution in [0.5, 0.6) is 0 Å². The van der Waals surface area contributed by atoms with Crippen LogP contribution in [0.25, 0.3) is 0 Å². The molecule has 1 aliphatic heterocycles. The maximum Gasteiger partial charge on any atom is 0.171 e. The third kappa shape index (κ3) is 4.67. The summed E-state index contributed by atoms with van der Waals surface area (Å²) in [5, 5.41) is 0. The summed E-state index contributed by atoms with van der Waals surface area (Å²) >= 11 is 8.55. The highest BCUT2D eigenvalue weighted by Crippen LogP contribution is 2.06. The van der Waals surface area contributed by atoms with Crippen molar-refractivity contribution >= 4 is 27.5 Å². The Kier molecular flexibility index (Phi) is 5.46. The largest absolute Gasteiger partial charge is 0.471 e. The number of ether oxygens (including phenoxy) is 2. The molecule has 0 N–H and O–H groups in total. The molecule has 5 heteroatoms. The van der Waals surface area contributed by atoms with Crippen molar-refractivity contribution in [2.24, 2.45) is 0 Å². The van der Waals surface area contributed by atoms with E-state index in [0.29, 0.717) is 19.1 Å². The van der Waals surface area contributed by atoms with Crippen molar-refractivity contribution in [3.05, 3.63) is 23.1 Å². The Balaban J connectivity index is 0.000000132. The highest BCUT2D eigenvalue weighted by Gasteiger charge is 2.12. The summed E-state index contributed by atoms with van der Waals surface area (Å²) < 4.78 is 15.6. The van der Waals surface area contributed by atoms with Crippen LogP contribution >= 0.6 is 27.5 Å². The summed E-state index contributed by atoms with van der Waals surface area (Å²) in [6.07, 6.45) is 3.10. The second-order valence-corrected chi connectivity index (χ2v) is 3.49. The number of hydrogen-bond acceptors (Lipinski definition) is 3. The van der Waals surface area contributed by atoms with E-state index in [-0.39, 0.29) is 6.29 Å². The fraction of sp³-hybridized carbons (Fsp3) is 0.500. The first-order valence-electron chi connectivity index (χ1n) is 3.80. The molecule has 0 saturated carbocycles. The molecule has 13 heavy (non-hydrogen) atoms. The fourth-order valence-electron chi connectivity index (χ4n) is 0.744. The van der Waals surface area contributed by atoms with Crippen LogP contribution in [-0.2, 0) is 9.47 Å². The molecule has 74 valence electrons. The lowest BCUT2D eigenvalue weighted by Gasteiger charge is -1.99. The first-order valence-corrected chi connectivity index (χ1v) is 5.12. The van der Waals surface area contributed by atoms with Gasteiger partial charge in [0.05, 0.1) is 29.8 Å². The van der Waals surface area contributed by atoms with Crippen LogP contribution in [0.3, 0.4) is 0 Å². The summed E-state index contributed by atoms with van der Waals surface area (Å²) in [7, 11) is 0. The number of furan rings is 1. The third-order valence-electron chi connectivity index (χ3n) is 1.30. The summed E-state index contributed by atoms with van der Waals surface area (Å²) in [5.41, 5.74) is 0. The van der Waals surface area contributed by atoms with E-state index in [1.165, 1.54) is 0 Å². The molecule has 0 aromatic carbocycles. The van der Waals surface area contributed by atoms with E-state index >= 15 is 0 Å². The molecule has 1 saturated heterocycles. The second-order valence-electron chi connectivity index (χ2n) is 2.27. The Morgan fingerprint density at radius 2 is 2.15 bits per heavy atom. The molecule has 0 atom stereocenters. The maximum atomic E-state index is 5.36. The topological polar surface area (TPSA) is 31.6 Å². The van der Waals surface area contributed by atoms with Crippen LogP contribution in [-0.4, -0.2) is 25.4 Å². The molecule has 0 aliphatic carbocycles. The molecular weight excluding hydrogens is 259 g/mol. The Morgan fingerprint density at radius 1 is 1.46 bits per heavy atom. The third-order valence-corrected chi connectivity index (χ3v) is 2.01. The van der Waals surface area contributed by atoms with Crippen LogP contribution < -0.4 is 0 Å². The summed E-state index contributed by atoms with van der Waals surface area (Å²) in [4.78, 5) is 0. The predicted molar refractivity (Wildman–Crippen MR) is 52.8 cm³/mol. The highest BCUT2D eigenvalue weighted by molar-refractivity contribution is 9.10. The van der Waals surface area contributed by atoms with Gasteiger partial charge in [-0.1, -0.05) is 0 Å². The lowest BCUT2D eigenvalue weighted by atomic mass is 10.7. The molecule has 1 aromatic rings. The van der Waals surface area contributed by atoms with Crippen LogP contribution in [0.2, 0.25) is 0 Å². The zero-order valence-corrected chi connectivity index (χ0v) is 9.25. The number of rotatable bonds is 1. The van der Waals surface area contributed by atoms with Crippen molar-refractivity contribution in [2.75, 3.05) is 19.1 Å². The Morgan fingerprint density at radius 3 is 2.38 bits per heavy atom. The minimum Gasteiger partial charge on any atom is -0.471 e. The average molecular weight is 270 g/mol. The second kappa shape index (κ2) is 6.43. The van der Waals surface area contributed by atoms with Crippen molar-refractivity contribution in [1.82, 2.24) is 0 Å². The minimum absolute atomic E-state index is 0.137. The van der Waals surface area contributed by atoms with Crippen LogP contribution in [0.4, 0.5) is 0 Å². The maximum absolute atomic E-state index is 5.36. The van der Waals surface area contributed by atoms with Gasteiger partial charge in [0, 0.05) is 0 Å². The monoisotopic (exact) mass is 268 g/mol. The van der Waals surface area contributed by atoms with Gasteiger partial charge in [-0.3, -0.25) is 0 Å². The smallest absolute Gasteiger partial charge is 0.171 e. The van der Waals surface area contributed by atoms with Crippen molar-refractivity contribution in [3.8, 4) is 0 Å². The van der Waals surface area contributed by atoms with E-state index in [2.05, 4.69) is 20.3 Å². The lowest BCUT2D eigenvalue weighted by Crippen LogP contribution is -2.07. The Bertz CT molecular complexity index is 209. The zero-order valence-electron chi connectivity index (χ0n) is 6.91. The Labute approximate surface area is 90.1 Å². The molecule has 1 fully saturated rings. The van der Waals surface area contributed by atoms with Crippen molar-refractivity contribution in [3.63, 3.8) is 0 Å². The van der Waals surface area contributed by atoms with Gasteiger partial charge < -0.3 is 13.9 Å². The van der Waals surface area contributed by atoms with Gasteiger partial charge in [-0.05, 0) is 22.0 Å². The summed E-state index contributed by atoms with van der Waals surface area (Å²) in [6.45, 7) is 1.38. The first kappa shape index (κ1) is 11.0. The lowest BCUT2D eigenvalue weighted by molar-refractivity contribution is -0.0225. The number of hydrogen-bond donors (Lipinski definition) is 0. The summed E-state index contributed by atoms with van der Waals surface area (Å²) in [5.74, 6) is 0.444. The van der Waals surface area contributed by atoms with Gasteiger partial charge in [0.15, 0.2) is 6.29 Å². The molecule has 1 aliphatic rings. The zero-order chi connectivity index (χ0) is 9.52. The van der Waals surface area contributed by atoms with Gasteiger partial charge in [-0.25, -0.2) is 0 Å². The molecular formula is C8H10BrClO3. The van der Waals surface area contributed by atoms with E-state index in [1.807, 2.05) is 6.07 Å². The van der Waals surface area contributed by atoms with Gasteiger partial charge in [0.1, 0.15) is 6.26 Å². The van der Waals surface area contributed by atoms with Gasteiger partial charge in [0.2, 0.25) is 0 Å². The average Bonchev–Trinajstić information content (AvgIpc) is 2.76. The molecule has 3 nitrogen and oxygen atoms in total.